The van der Waals surface area contributed by atoms with Crippen LogP contribution < -0.4 is 10.1 Å². The number of alkyl carbamates (subject to hydrolysis) is 1. The molecule has 0 aromatic heterocycles. The summed E-state index contributed by atoms with van der Waals surface area (Å²) < 4.78 is 10.4. The lowest BCUT2D eigenvalue weighted by Crippen LogP contribution is -2.32. The van der Waals surface area contributed by atoms with Crippen LogP contribution in [0.2, 0.25) is 0 Å². The molecule has 110 valence electrons. The standard InChI is InChI=1S/C16H23NO3/c1-12-9-13(11-14(10-12)19-5)7-6-8-17-15(18)20-16(2,3)4/h6-7,9-11H,8H2,1-5H3,(H,17,18). The summed E-state index contributed by atoms with van der Waals surface area (Å²) in [4.78, 5) is 11.4. The van der Waals surface area contributed by atoms with Gasteiger partial charge in [-0.3, -0.25) is 0 Å². The maximum atomic E-state index is 11.4. The van der Waals surface area contributed by atoms with Crippen LogP contribution in [0.25, 0.3) is 6.08 Å². The zero-order valence-corrected chi connectivity index (χ0v) is 12.8. The quantitative estimate of drug-likeness (QED) is 0.915. The fraction of sp³-hybridized carbons (Fsp3) is 0.438. The molecular weight excluding hydrogens is 254 g/mol. The van der Waals surface area contributed by atoms with Crippen molar-refractivity contribution in [2.75, 3.05) is 13.7 Å². The van der Waals surface area contributed by atoms with Gasteiger partial charge in [-0.2, -0.15) is 0 Å². The molecule has 0 radical (unpaired) electrons. The first-order chi connectivity index (χ1) is 9.30. The molecule has 0 aliphatic carbocycles. The summed E-state index contributed by atoms with van der Waals surface area (Å²) in [5, 5.41) is 2.67. The van der Waals surface area contributed by atoms with E-state index >= 15 is 0 Å². The van der Waals surface area contributed by atoms with Gasteiger partial charge in [0.05, 0.1) is 7.11 Å². The number of carbonyl (C=O) groups excluding carboxylic acids is 1. The molecule has 0 aliphatic rings. The third-order valence-electron chi connectivity index (χ3n) is 2.38. The van der Waals surface area contributed by atoms with Gasteiger partial charge in [0.2, 0.25) is 0 Å². The molecule has 0 spiro atoms. The zero-order valence-electron chi connectivity index (χ0n) is 12.8. The molecule has 1 N–H and O–H groups in total. The maximum Gasteiger partial charge on any atom is 0.407 e. The van der Waals surface area contributed by atoms with Crippen molar-refractivity contribution < 1.29 is 14.3 Å². The van der Waals surface area contributed by atoms with Crippen LogP contribution in [-0.2, 0) is 4.74 Å². The monoisotopic (exact) mass is 277 g/mol. The minimum absolute atomic E-state index is 0.413. The molecule has 0 saturated carbocycles. The molecule has 0 fully saturated rings. The van der Waals surface area contributed by atoms with Crippen LogP contribution >= 0.6 is 0 Å². The lowest BCUT2D eigenvalue weighted by molar-refractivity contribution is 0.0534. The summed E-state index contributed by atoms with van der Waals surface area (Å²) in [6.07, 6.45) is 3.40. The molecule has 1 aromatic rings. The number of nitrogens with one attached hydrogen (secondary N) is 1. The highest BCUT2D eigenvalue weighted by Crippen LogP contribution is 2.17. The van der Waals surface area contributed by atoms with E-state index < -0.39 is 11.7 Å². The van der Waals surface area contributed by atoms with Gasteiger partial charge in [0, 0.05) is 6.54 Å². The number of methoxy groups -OCH3 is 1. The molecule has 1 aromatic carbocycles. The number of carbonyl (C=O) groups is 1. The lowest BCUT2D eigenvalue weighted by atomic mass is 10.1. The van der Waals surface area contributed by atoms with Gasteiger partial charge in [0.15, 0.2) is 0 Å². The molecule has 0 atom stereocenters. The summed E-state index contributed by atoms with van der Waals surface area (Å²) in [7, 11) is 1.65. The van der Waals surface area contributed by atoms with E-state index in [9.17, 15) is 4.79 Å². The van der Waals surface area contributed by atoms with E-state index in [4.69, 9.17) is 9.47 Å². The molecule has 0 unspecified atom stereocenters. The fourth-order valence-corrected chi connectivity index (χ4v) is 1.64. The Morgan fingerprint density at radius 3 is 2.60 bits per heavy atom. The molecule has 1 amide bonds. The smallest absolute Gasteiger partial charge is 0.407 e. The highest BCUT2D eigenvalue weighted by Gasteiger charge is 2.14. The third kappa shape index (κ3) is 6.27. The number of hydrogen-bond acceptors (Lipinski definition) is 3. The zero-order chi connectivity index (χ0) is 15.2. The first-order valence-electron chi connectivity index (χ1n) is 6.59. The van der Waals surface area contributed by atoms with Crippen molar-refractivity contribution in [1.82, 2.24) is 5.32 Å². The predicted octanol–water partition coefficient (Wildman–Crippen LogP) is 3.54. The highest BCUT2D eigenvalue weighted by molar-refractivity contribution is 5.68. The Bertz CT molecular complexity index is 487. The van der Waals surface area contributed by atoms with Crippen molar-refractivity contribution in [2.45, 2.75) is 33.3 Å². The molecule has 0 bridgehead atoms. The van der Waals surface area contributed by atoms with Crippen LogP contribution in [0.1, 0.15) is 31.9 Å². The number of benzene rings is 1. The Morgan fingerprint density at radius 1 is 1.30 bits per heavy atom. The second kappa shape index (κ2) is 6.98. The Balaban J connectivity index is 2.49. The Hall–Kier alpha value is -1.97. The van der Waals surface area contributed by atoms with Gasteiger partial charge in [-0.05, 0) is 51.0 Å². The van der Waals surface area contributed by atoms with Crippen molar-refractivity contribution in [3.8, 4) is 5.75 Å². The van der Waals surface area contributed by atoms with Crippen molar-refractivity contribution in [2.24, 2.45) is 0 Å². The van der Waals surface area contributed by atoms with E-state index in [1.54, 1.807) is 7.11 Å². The third-order valence-corrected chi connectivity index (χ3v) is 2.38. The summed E-state index contributed by atoms with van der Waals surface area (Å²) in [5.41, 5.74) is 1.69. The largest absolute Gasteiger partial charge is 0.497 e. The van der Waals surface area contributed by atoms with Gasteiger partial charge < -0.3 is 14.8 Å². The van der Waals surface area contributed by atoms with Crippen LogP contribution in [-0.4, -0.2) is 25.3 Å². The van der Waals surface area contributed by atoms with Crippen molar-refractivity contribution in [1.29, 1.82) is 0 Å². The van der Waals surface area contributed by atoms with Crippen LogP contribution in [0, 0.1) is 6.92 Å². The first kappa shape index (κ1) is 16.1. The number of aryl methyl sites for hydroxylation is 1. The van der Waals surface area contributed by atoms with Crippen LogP contribution in [0.4, 0.5) is 4.79 Å². The van der Waals surface area contributed by atoms with Crippen molar-refractivity contribution in [3.63, 3.8) is 0 Å². The van der Waals surface area contributed by atoms with Crippen LogP contribution in [0.15, 0.2) is 24.3 Å². The van der Waals surface area contributed by atoms with Gasteiger partial charge in [-0.1, -0.05) is 18.2 Å². The summed E-state index contributed by atoms with van der Waals surface area (Å²) in [6, 6.07) is 5.96. The fourth-order valence-electron chi connectivity index (χ4n) is 1.64. The second-order valence-electron chi connectivity index (χ2n) is 5.57. The lowest BCUT2D eigenvalue weighted by Gasteiger charge is -2.19. The SMILES string of the molecule is COc1cc(C)cc(C=CCNC(=O)OC(C)(C)C)c1. The van der Waals surface area contributed by atoms with Gasteiger partial charge in [0.25, 0.3) is 0 Å². The van der Waals surface area contributed by atoms with E-state index in [0.29, 0.717) is 6.54 Å². The highest BCUT2D eigenvalue weighted by atomic mass is 16.6. The minimum atomic E-state index is -0.474. The van der Waals surface area contributed by atoms with Gasteiger partial charge in [-0.25, -0.2) is 4.79 Å². The second-order valence-corrected chi connectivity index (χ2v) is 5.57. The topological polar surface area (TPSA) is 47.6 Å². The Labute approximate surface area is 120 Å². The van der Waals surface area contributed by atoms with Gasteiger partial charge in [-0.15, -0.1) is 0 Å². The molecule has 0 saturated heterocycles. The molecule has 20 heavy (non-hydrogen) atoms. The van der Waals surface area contributed by atoms with Gasteiger partial charge >= 0.3 is 6.09 Å². The average molecular weight is 277 g/mol. The van der Waals surface area contributed by atoms with E-state index in [-0.39, 0.29) is 0 Å². The van der Waals surface area contributed by atoms with E-state index in [1.165, 1.54) is 0 Å². The summed E-state index contributed by atoms with van der Waals surface area (Å²) in [5.74, 6) is 0.824. The summed E-state index contributed by atoms with van der Waals surface area (Å²) in [6.45, 7) is 7.94. The minimum Gasteiger partial charge on any atom is -0.497 e. The van der Waals surface area contributed by atoms with Crippen LogP contribution in [0.5, 0.6) is 5.75 Å². The number of ether oxygens (including phenoxy) is 2. The normalized spacial score (nSPS) is 11.4. The van der Waals surface area contributed by atoms with E-state index in [2.05, 4.69) is 5.32 Å². The Morgan fingerprint density at radius 2 is 2.00 bits per heavy atom. The van der Waals surface area contributed by atoms with Crippen LogP contribution in [0.3, 0.4) is 0 Å². The summed E-state index contributed by atoms with van der Waals surface area (Å²) >= 11 is 0. The van der Waals surface area contributed by atoms with Crippen molar-refractivity contribution in [3.05, 3.63) is 35.4 Å². The van der Waals surface area contributed by atoms with E-state index in [0.717, 1.165) is 16.9 Å². The molecule has 0 aliphatic heterocycles. The Kier molecular flexibility index (Phi) is 5.62. The number of hydrogen-bond donors (Lipinski definition) is 1. The molecule has 1 rings (SSSR count). The number of rotatable bonds is 4. The number of amides is 1. The average Bonchev–Trinajstić information content (AvgIpc) is 2.32. The molecule has 0 heterocycles. The molecular formula is C16H23NO3. The first-order valence-corrected chi connectivity index (χ1v) is 6.59. The van der Waals surface area contributed by atoms with E-state index in [1.807, 2.05) is 58.0 Å². The molecule has 4 nitrogen and oxygen atoms in total. The predicted molar refractivity (Wildman–Crippen MR) is 81.0 cm³/mol. The van der Waals surface area contributed by atoms with Crippen molar-refractivity contribution >= 4 is 12.2 Å². The molecule has 4 heteroatoms. The van der Waals surface area contributed by atoms with Gasteiger partial charge in [0.1, 0.15) is 11.4 Å². The maximum absolute atomic E-state index is 11.4.